The maximum atomic E-state index is 13.6. The van der Waals surface area contributed by atoms with Crippen molar-refractivity contribution in [2.24, 2.45) is 0 Å². The normalized spacial score (nSPS) is 20.4. The fourth-order valence-electron chi connectivity index (χ4n) is 2.05. The summed E-state index contributed by atoms with van der Waals surface area (Å²) in [4.78, 5) is -0.448. The first kappa shape index (κ1) is 14.6. The van der Waals surface area contributed by atoms with Crippen LogP contribution in [0.4, 0.5) is 10.1 Å². The number of sulfonamides is 1. The molecule has 1 aromatic rings. The zero-order valence-electron chi connectivity index (χ0n) is 10.4. The van der Waals surface area contributed by atoms with Crippen molar-refractivity contribution in [3.63, 3.8) is 0 Å². The molecule has 7 heteroatoms. The van der Waals surface area contributed by atoms with Gasteiger partial charge in [0.05, 0.1) is 5.69 Å². The van der Waals surface area contributed by atoms with Crippen LogP contribution in [0, 0.1) is 5.82 Å². The van der Waals surface area contributed by atoms with Crippen LogP contribution in [0.2, 0.25) is 0 Å². The molecule has 0 aromatic heterocycles. The van der Waals surface area contributed by atoms with Gasteiger partial charge < -0.3 is 5.73 Å². The Hall–Kier alpha value is -0.790. The molecule has 1 aromatic carbocycles. The van der Waals surface area contributed by atoms with Gasteiger partial charge in [0.25, 0.3) is 0 Å². The van der Waals surface area contributed by atoms with Crippen LogP contribution in [0.1, 0.15) is 19.3 Å². The molecule has 0 amide bonds. The van der Waals surface area contributed by atoms with Gasteiger partial charge in [-0.25, -0.2) is 17.5 Å². The third kappa shape index (κ3) is 3.61. The minimum Gasteiger partial charge on any atom is -0.398 e. The second-order valence-corrected chi connectivity index (χ2v) is 7.61. The van der Waals surface area contributed by atoms with Gasteiger partial charge in [-0.15, -0.1) is 0 Å². The summed E-state index contributed by atoms with van der Waals surface area (Å²) in [6, 6.07) is 3.87. The van der Waals surface area contributed by atoms with E-state index in [2.05, 4.69) is 4.72 Å². The summed E-state index contributed by atoms with van der Waals surface area (Å²) >= 11 is 1.76. The van der Waals surface area contributed by atoms with E-state index in [1.54, 1.807) is 11.8 Å². The molecule has 1 aliphatic heterocycles. The number of rotatable bonds is 4. The molecule has 0 spiro atoms. The highest BCUT2D eigenvalue weighted by atomic mass is 32.2. The van der Waals surface area contributed by atoms with Gasteiger partial charge in [0.15, 0.2) is 0 Å². The van der Waals surface area contributed by atoms with Crippen molar-refractivity contribution in [2.45, 2.75) is 29.4 Å². The van der Waals surface area contributed by atoms with Gasteiger partial charge in [-0.3, -0.25) is 0 Å². The lowest BCUT2D eigenvalue weighted by molar-refractivity contribution is 0.554. The van der Waals surface area contributed by atoms with Crippen molar-refractivity contribution in [2.75, 3.05) is 18.0 Å². The topological polar surface area (TPSA) is 72.2 Å². The molecule has 0 saturated carbocycles. The van der Waals surface area contributed by atoms with Crippen molar-refractivity contribution in [3.05, 3.63) is 24.0 Å². The third-order valence-electron chi connectivity index (χ3n) is 3.04. The van der Waals surface area contributed by atoms with Gasteiger partial charge in [0.2, 0.25) is 10.0 Å². The van der Waals surface area contributed by atoms with Crippen molar-refractivity contribution >= 4 is 27.5 Å². The predicted molar refractivity (Wildman–Crippen MR) is 76.1 cm³/mol. The zero-order valence-corrected chi connectivity index (χ0v) is 12.1. The minimum atomic E-state index is -3.88. The first-order valence-corrected chi connectivity index (χ1v) is 8.69. The minimum absolute atomic E-state index is 0.0659. The lowest BCUT2D eigenvalue weighted by atomic mass is 10.2. The molecule has 0 bridgehead atoms. The van der Waals surface area contributed by atoms with Crippen LogP contribution >= 0.6 is 11.8 Å². The smallest absolute Gasteiger partial charge is 0.245 e. The molecule has 1 saturated heterocycles. The molecular weight excluding hydrogens is 287 g/mol. The summed E-state index contributed by atoms with van der Waals surface area (Å²) in [7, 11) is -3.88. The third-order valence-corrected chi connectivity index (χ3v) is 5.95. The number of anilines is 1. The lowest BCUT2D eigenvalue weighted by Crippen LogP contribution is -2.32. The van der Waals surface area contributed by atoms with Crippen LogP contribution in [0.15, 0.2) is 23.1 Å². The summed E-state index contributed by atoms with van der Waals surface area (Å²) in [5, 5.41) is 0.261. The number of nitrogens with two attached hydrogens (primary N) is 1. The van der Waals surface area contributed by atoms with Gasteiger partial charge in [0, 0.05) is 11.8 Å². The Kier molecular flexibility index (Phi) is 4.70. The molecule has 0 radical (unpaired) electrons. The molecule has 2 rings (SSSR count). The largest absolute Gasteiger partial charge is 0.398 e. The Labute approximate surface area is 117 Å². The number of benzene rings is 1. The maximum absolute atomic E-state index is 13.6. The molecule has 106 valence electrons. The average molecular weight is 304 g/mol. The molecule has 1 fully saturated rings. The molecule has 1 heterocycles. The first-order chi connectivity index (χ1) is 9.00. The van der Waals surface area contributed by atoms with Crippen molar-refractivity contribution in [1.82, 2.24) is 4.72 Å². The van der Waals surface area contributed by atoms with Crippen molar-refractivity contribution < 1.29 is 12.8 Å². The molecule has 0 aliphatic carbocycles. The number of halogens is 1. The SMILES string of the molecule is Nc1cccc(F)c1S(=O)(=O)NCC1CCCCS1. The van der Waals surface area contributed by atoms with E-state index in [4.69, 9.17) is 5.73 Å². The summed E-state index contributed by atoms with van der Waals surface area (Å²) < 4.78 is 40.2. The van der Waals surface area contributed by atoms with E-state index < -0.39 is 20.7 Å². The number of hydrogen-bond donors (Lipinski definition) is 2. The Morgan fingerprint density at radius 1 is 1.42 bits per heavy atom. The molecule has 4 nitrogen and oxygen atoms in total. The Balaban J connectivity index is 2.09. The van der Waals surface area contributed by atoms with Crippen molar-refractivity contribution in [3.8, 4) is 0 Å². The molecule has 3 N–H and O–H groups in total. The van der Waals surface area contributed by atoms with Crippen LogP contribution in [-0.4, -0.2) is 26.0 Å². The highest BCUT2D eigenvalue weighted by Gasteiger charge is 2.24. The van der Waals surface area contributed by atoms with E-state index >= 15 is 0 Å². The lowest BCUT2D eigenvalue weighted by Gasteiger charge is -2.21. The van der Waals surface area contributed by atoms with E-state index in [-0.39, 0.29) is 10.9 Å². The highest BCUT2D eigenvalue weighted by molar-refractivity contribution is 8.00. The molecule has 1 unspecified atom stereocenters. The standard InChI is InChI=1S/C12H17FN2O2S2/c13-10-5-3-6-11(14)12(10)19(16,17)15-8-9-4-1-2-7-18-9/h3,5-6,9,15H,1-2,4,7-8,14H2. The number of nitrogens with one attached hydrogen (secondary N) is 1. The Morgan fingerprint density at radius 3 is 2.84 bits per heavy atom. The number of nitrogen functional groups attached to an aromatic ring is 1. The number of thioether (sulfide) groups is 1. The summed E-state index contributed by atoms with van der Waals surface area (Å²) in [5.41, 5.74) is 5.49. The predicted octanol–water partition coefficient (Wildman–Crippen LogP) is 1.97. The maximum Gasteiger partial charge on any atom is 0.245 e. The fourth-order valence-corrected chi connectivity index (χ4v) is 4.66. The van der Waals surface area contributed by atoms with Crippen molar-refractivity contribution in [1.29, 1.82) is 0 Å². The summed E-state index contributed by atoms with van der Waals surface area (Å²) in [5.74, 6) is 0.234. The second-order valence-electron chi connectivity index (χ2n) is 4.50. The van der Waals surface area contributed by atoms with Crippen LogP contribution < -0.4 is 10.5 Å². The first-order valence-electron chi connectivity index (χ1n) is 6.16. The monoisotopic (exact) mass is 304 g/mol. The van der Waals surface area contributed by atoms with E-state index in [9.17, 15) is 12.8 Å². The fraction of sp³-hybridized carbons (Fsp3) is 0.500. The summed E-state index contributed by atoms with van der Waals surface area (Å²) in [6.45, 7) is 0.320. The van der Waals surface area contributed by atoms with Gasteiger partial charge in [-0.2, -0.15) is 11.8 Å². The molecule has 1 aliphatic rings. The second kappa shape index (κ2) is 6.11. The van der Waals surface area contributed by atoms with Gasteiger partial charge >= 0.3 is 0 Å². The Bertz CT molecular complexity index is 522. The Morgan fingerprint density at radius 2 is 2.21 bits per heavy atom. The highest BCUT2D eigenvalue weighted by Crippen LogP contribution is 2.26. The van der Waals surface area contributed by atoms with Crippen LogP contribution in [0.3, 0.4) is 0 Å². The van der Waals surface area contributed by atoms with E-state index in [0.717, 1.165) is 24.7 Å². The quantitative estimate of drug-likeness (QED) is 0.834. The van der Waals surface area contributed by atoms with Gasteiger partial charge in [-0.05, 0) is 30.7 Å². The van der Waals surface area contributed by atoms with Crippen LogP contribution in [0.5, 0.6) is 0 Å². The molecular formula is C12H17FN2O2S2. The van der Waals surface area contributed by atoms with E-state index in [0.29, 0.717) is 6.54 Å². The van der Waals surface area contributed by atoms with Crippen LogP contribution in [0.25, 0.3) is 0 Å². The van der Waals surface area contributed by atoms with Gasteiger partial charge in [0.1, 0.15) is 10.7 Å². The van der Waals surface area contributed by atoms with Gasteiger partial charge in [-0.1, -0.05) is 12.5 Å². The molecule has 19 heavy (non-hydrogen) atoms. The average Bonchev–Trinajstić information content (AvgIpc) is 2.37. The zero-order chi connectivity index (χ0) is 13.9. The number of hydrogen-bond acceptors (Lipinski definition) is 4. The summed E-state index contributed by atoms with van der Waals surface area (Å²) in [6.07, 6.45) is 3.27. The van der Waals surface area contributed by atoms with E-state index in [1.165, 1.54) is 18.6 Å². The van der Waals surface area contributed by atoms with E-state index in [1.807, 2.05) is 0 Å². The molecule has 1 atom stereocenters. The van der Waals surface area contributed by atoms with Crippen LogP contribution in [-0.2, 0) is 10.0 Å².